The molecule has 0 aromatic carbocycles. The van der Waals surface area contributed by atoms with Crippen molar-refractivity contribution in [1.29, 1.82) is 0 Å². The highest BCUT2D eigenvalue weighted by Gasteiger charge is 2.25. The maximum Gasteiger partial charge on any atom is 0.309 e. The summed E-state index contributed by atoms with van der Waals surface area (Å²) in [5, 5.41) is 17.2. The molecule has 0 amide bonds. The first-order valence-corrected chi connectivity index (χ1v) is 5.31. The van der Waals surface area contributed by atoms with Crippen LogP contribution in [0.25, 0.3) is 0 Å². The molecule has 0 saturated carbocycles. The predicted molar refractivity (Wildman–Crippen MR) is 56.8 cm³/mol. The minimum atomic E-state index is -0.770. The van der Waals surface area contributed by atoms with Crippen molar-refractivity contribution in [1.82, 2.24) is 0 Å². The quantitative estimate of drug-likeness (QED) is 0.611. The van der Waals surface area contributed by atoms with Crippen molar-refractivity contribution in [2.45, 2.75) is 52.4 Å². The van der Waals surface area contributed by atoms with Gasteiger partial charge < -0.3 is 10.2 Å². The highest BCUT2D eigenvalue weighted by Crippen LogP contribution is 2.24. The van der Waals surface area contributed by atoms with E-state index < -0.39 is 17.4 Å². The van der Waals surface area contributed by atoms with Crippen LogP contribution in [-0.4, -0.2) is 22.2 Å². The number of carboxylic acids is 2. The van der Waals surface area contributed by atoms with Gasteiger partial charge in [-0.25, -0.2) is 0 Å². The van der Waals surface area contributed by atoms with Crippen LogP contribution in [0.5, 0.6) is 0 Å². The standard InChI is InChI=1S/C11H20O4/c1-11(2,10(14)15)8-6-4-3-5-7-9(12)13/h3-8H2,1-2H3,(H,12,13)(H,14,15). The molecule has 2 N–H and O–H groups in total. The molecule has 0 fully saturated rings. The molecule has 15 heavy (non-hydrogen) atoms. The molecule has 0 spiro atoms. The van der Waals surface area contributed by atoms with Crippen LogP contribution in [0.15, 0.2) is 0 Å². The fraction of sp³-hybridized carbons (Fsp3) is 0.818. The van der Waals surface area contributed by atoms with E-state index in [0.717, 1.165) is 19.3 Å². The van der Waals surface area contributed by atoms with Gasteiger partial charge in [-0.15, -0.1) is 0 Å². The van der Waals surface area contributed by atoms with Gasteiger partial charge in [0.2, 0.25) is 0 Å². The minimum Gasteiger partial charge on any atom is -0.481 e. The maximum absolute atomic E-state index is 10.8. The molecule has 4 nitrogen and oxygen atoms in total. The molecule has 0 heterocycles. The lowest BCUT2D eigenvalue weighted by Crippen LogP contribution is -2.23. The zero-order chi connectivity index (χ0) is 11.9. The molecule has 0 rings (SSSR count). The van der Waals surface area contributed by atoms with Crippen molar-refractivity contribution in [2.24, 2.45) is 5.41 Å². The average molecular weight is 216 g/mol. The summed E-state index contributed by atoms with van der Waals surface area (Å²) in [5.74, 6) is -1.53. The molecule has 0 radical (unpaired) electrons. The van der Waals surface area contributed by atoms with Gasteiger partial charge >= 0.3 is 11.9 Å². The summed E-state index contributed by atoms with van der Waals surface area (Å²) in [5.41, 5.74) is -0.660. The van der Waals surface area contributed by atoms with Gasteiger partial charge in [-0.2, -0.15) is 0 Å². The van der Waals surface area contributed by atoms with Gasteiger partial charge in [-0.3, -0.25) is 9.59 Å². The van der Waals surface area contributed by atoms with Crippen molar-refractivity contribution in [3.63, 3.8) is 0 Å². The van der Waals surface area contributed by atoms with Gasteiger partial charge in [0.1, 0.15) is 0 Å². The number of rotatable bonds is 8. The Kier molecular flexibility index (Phi) is 5.97. The monoisotopic (exact) mass is 216 g/mol. The van der Waals surface area contributed by atoms with Crippen molar-refractivity contribution in [3.05, 3.63) is 0 Å². The summed E-state index contributed by atoms with van der Waals surface area (Å²) >= 11 is 0. The fourth-order valence-corrected chi connectivity index (χ4v) is 1.30. The summed E-state index contributed by atoms with van der Waals surface area (Å²) in [6.45, 7) is 3.43. The third-order valence-corrected chi connectivity index (χ3v) is 2.52. The molecule has 0 aliphatic rings. The summed E-state index contributed by atoms with van der Waals surface area (Å²) in [7, 11) is 0. The number of hydrogen-bond acceptors (Lipinski definition) is 2. The van der Waals surface area contributed by atoms with Gasteiger partial charge in [0, 0.05) is 6.42 Å². The van der Waals surface area contributed by atoms with Crippen LogP contribution in [0.1, 0.15) is 52.4 Å². The second kappa shape index (κ2) is 6.43. The van der Waals surface area contributed by atoms with Crippen LogP contribution >= 0.6 is 0 Å². The molecule has 0 saturated heterocycles. The first-order valence-electron chi connectivity index (χ1n) is 5.31. The van der Waals surface area contributed by atoms with Gasteiger partial charge in [0.05, 0.1) is 5.41 Å². The van der Waals surface area contributed by atoms with E-state index in [9.17, 15) is 9.59 Å². The minimum absolute atomic E-state index is 0.211. The van der Waals surface area contributed by atoms with Crippen molar-refractivity contribution in [3.8, 4) is 0 Å². The van der Waals surface area contributed by atoms with Crippen LogP contribution in [0.3, 0.4) is 0 Å². The fourth-order valence-electron chi connectivity index (χ4n) is 1.30. The topological polar surface area (TPSA) is 74.6 Å². The van der Waals surface area contributed by atoms with E-state index in [0.29, 0.717) is 12.8 Å². The Bertz CT molecular complexity index is 221. The third-order valence-electron chi connectivity index (χ3n) is 2.52. The molecule has 0 unspecified atom stereocenters. The van der Waals surface area contributed by atoms with Crippen molar-refractivity contribution < 1.29 is 19.8 Å². The first-order chi connectivity index (χ1) is 6.86. The average Bonchev–Trinajstić information content (AvgIpc) is 2.10. The second-order valence-electron chi connectivity index (χ2n) is 4.50. The van der Waals surface area contributed by atoms with Crippen LogP contribution in [-0.2, 0) is 9.59 Å². The maximum atomic E-state index is 10.8. The Hall–Kier alpha value is -1.06. The van der Waals surface area contributed by atoms with E-state index in [1.165, 1.54) is 0 Å². The largest absolute Gasteiger partial charge is 0.481 e. The van der Waals surface area contributed by atoms with Crippen LogP contribution < -0.4 is 0 Å². The van der Waals surface area contributed by atoms with Gasteiger partial charge in [-0.1, -0.05) is 19.3 Å². The highest BCUT2D eigenvalue weighted by atomic mass is 16.4. The lowest BCUT2D eigenvalue weighted by Gasteiger charge is -2.18. The third kappa shape index (κ3) is 6.94. The molecular weight excluding hydrogens is 196 g/mol. The van der Waals surface area contributed by atoms with E-state index in [4.69, 9.17) is 10.2 Å². The molecule has 0 atom stereocenters. The van der Waals surface area contributed by atoms with Gasteiger partial charge in [0.25, 0.3) is 0 Å². The SMILES string of the molecule is CC(C)(CCCCCCC(=O)O)C(=O)O. The van der Waals surface area contributed by atoms with E-state index in [1.54, 1.807) is 13.8 Å². The van der Waals surface area contributed by atoms with Crippen molar-refractivity contribution in [2.75, 3.05) is 0 Å². The smallest absolute Gasteiger partial charge is 0.309 e. The summed E-state index contributed by atoms with van der Waals surface area (Å²) in [6.07, 6.45) is 4.16. The number of unbranched alkanes of at least 4 members (excludes halogenated alkanes) is 3. The van der Waals surface area contributed by atoms with Gasteiger partial charge in [-0.05, 0) is 26.7 Å². The zero-order valence-electron chi connectivity index (χ0n) is 9.45. The Morgan fingerprint density at radius 3 is 2.00 bits per heavy atom. The lowest BCUT2D eigenvalue weighted by atomic mass is 9.87. The summed E-state index contributed by atoms with van der Waals surface area (Å²) in [6, 6.07) is 0. The molecule has 4 heteroatoms. The molecule has 0 bridgehead atoms. The Labute approximate surface area is 90.3 Å². The molecule has 88 valence electrons. The Balaban J connectivity index is 3.46. The van der Waals surface area contributed by atoms with Crippen molar-refractivity contribution >= 4 is 11.9 Å². The van der Waals surface area contributed by atoms with Gasteiger partial charge in [0.15, 0.2) is 0 Å². The lowest BCUT2D eigenvalue weighted by molar-refractivity contribution is -0.147. The summed E-state index contributed by atoms with van der Waals surface area (Å²) < 4.78 is 0. The zero-order valence-corrected chi connectivity index (χ0v) is 9.45. The summed E-state index contributed by atoms with van der Waals surface area (Å²) in [4.78, 5) is 21.0. The Morgan fingerprint density at radius 1 is 1.00 bits per heavy atom. The predicted octanol–water partition coefficient (Wildman–Crippen LogP) is 2.52. The van der Waals surface area contributed by atoms with Crippen LogP contribution in [0, 0.1) is 5.41 Å². The molecule has 0 aromatic rings. The highest BCUT2D eigenvalue weighted by molar-refractivity contribution is 5.73. The number of carboxylic acid groups (broad SMARTS) is 2. The molecule has 0 aliphatic heterocycles. The first kappa shape index (κ1) is 13.9. The van der Waals surface area contributed by atoms with E-state index in [1.807, 2.05) is 0 Å². The molecule has 0 aliphatic carbocycles. The van der Waals surface area contributed by atoms with Crippen LogP contribution in [0.2, 0.25) is 0 Å². The number of carbonyl (C=O) groups is 2. The van der Waals surface area contributed by atoms with E-state index in [2.05, 4.69) is 0 Å². The molecule has 0 aromatic heterocycles. The Morgan fingerprint density at radius 2 is 1.53 bits per heavy atom. The number of hydrogen-bond donors (Lipinski definition) is 2. The number of aliphatic carboxylic acids is 2. The second-order valence-corrected chi connectivity index (χ2v) is 4.50. The molecular formula is C11H20O4. The van der Waals surface area contributed by atoms with E-state index >= 15 is 0 Å². The van der Waals surface area contributed by atoms with E-state index in [-0.39, 0.29) is 6.42 Å². The van der Waals surface area contributed by atoms with Crippen LogP contribution in [0.4, 0.5) is 0 Å². The normalized spacial score (nSPS) is 11.3.